The number of unbranched alkanes of at least 4 members (excludes halogenated alkanes) is 1. The Hall–Kier alpha value is 0.177. The Bertz CT molecular complexity index is 23.7. The van der Waals surface area contributed by atoms with Gasteiger partial charge < -0.3 is 4.43 Å². The van der Waals surface area contributed by atoms with Crippen LogP contribution < -0.4 is 0 Å². The first kappa shape index (κ1) is 6.18. The molecule has 0 saturated heterocycles. The van der Waals surface area contributed by atoms with Crippen LogP contribution in [0.25, 0.3) is 0 Å². The van der Waals surface area contributed by atoms with Gasteiger partial charge in [-0.3, -0.25) is 0 Å². The lowest BCUT2D eigenvalue weighted by atomic mass is 10.4. The van der Waals surface area contributed by atoms with Crippen molar-refractivity contribution in [3.8, 4) is 0 Å². The first-order valence-electron chi connectivity index (χ1n) is 2.40. The predicted molar refractivity (Wildman–Crippen MR) is 32.9 cm³/mol. The van der Waals surface area contributed by atoms with Gasteiger partial charge in [-0.25, -0.2) is 0 Å². The van der Waals surface area contributed by atoms with Gasteiger partial charge in [0.2, 0.25) is 0 Å². The average Bonchev–Trinajstić information content (AvgIpc) is 1.61. The molecule has 0 aliphatic rings. The minimum atomic E-state index is 0. The van der Waals surface area contributed by atoms with Gasteiger partial charge in [0.25, 0.3) is 0 Å². The van der Waals surface area contributed by atoms with E-state index in [-0.39, 0.29) is 1.43 Å². The van der Waals surface area contributed by atoms with Crippen molar-refractivity contribution in [1.82, 2.24) is 0 Å². The Morgan fingerprint density at radius 3 is 2.67 bits per heavy atom. The molecule has 0 aliphatic heterocycles. The summed E-state index contributed by atoms with van der Waals surface area (Å²) in [5.41, 5.74) is 0. The highest BCUT2D eigenvalue weighted by molar-refractivity contribution is 5.97. The molecular weight excluding hydrogens is 92.1 g/mol. The Morgan fingerprint density at radius 1 is 1.83 bits per heavy atom. The molecular formula is C4H14OSi. The zero-order valence-corrected chi connectivity index (χ0v) is 6.53. The molecule has 0 aromatic rings. The van der Waals surface area contributed by atoms with Crippen molar-refractivity contribution in [1.29, 1.82) is 0 Å². The maximum Gasteiger partial charge on any atom is 0.145 e. The molecule has 6 heavy (non-hydrogen) atoms. The summed E-state index contributed by atoms with van der Waals surface area (Å²) < 4.78 is 4.92. The van der Waals surface area contributed by atoms with Crippen LogP contribution in [0.1, 0.15) is 21.2 Å². The molecule has 0 spiro atoms. The second kappa shape index (κ2) is 5.18. The maximum atomic E-state index is 4.92. The third-order valence-corrected chi connectivity index (χ3v) is 1.11. The quantitative estimate of drug-likeness (QED) is 0.372. The average molecular weight is 106 g/mol. The standard InChI is InChI=1S/C4H12OSi.H2/c1-2-3-4-5-6;/h2-4H2,1,6H3;1H. The fraction of sp³-hybridized carbons (Fsp3) is 1.00. The van der Waals surface area contributed by atoms with Gasteiger partial charge in [0.15, 0.2) is 0 Å². The number of hydrogen-bond donors (Lipinski definition) is 0. The van der Waals surface area contributed by atoms with Gasteiger partial charge in [-0.05, 0) is 6.42 Å². The van der Waals surface area contributed by atoms with Crippen LogP contribution >= 0.6 is 0 Å². The van der Waals surface area contributed by atoms with Crippen LogP contribution in [0, 0.1) is 0 Å². The van der Waals surface area contributed by atoms with Gasteiger partial charge in [-0.15, -0.1) is 0 Å². The van der Waals surface area contributed by atoms with Crippen LogP contribution in [0.5, 0.6) is 0 Å². The first-order valence-corrected chi connectivity index (χ1v) is 3.22. The molecule has 0 fully saturated rings. The zero-order chi connectivity index (χ0) is 4.83. The fourth-order valence-corrected chi connectivity index (χ4v) is 0.577. The second-order valence-electron chi connectivity index (χ2n) is 1.35. The largest absolute Gasteiger partial charge is 0.428 e. The van der Waals surface area contributed by atoms with Gasteiger partial charge in [-0.1, -0.05) is 13.3 Å². The van der Waals surface area contributed by atoms with Crippen molar-refractivity contribution in [3.63, 3.8) is 0 Å². The SMILES string of the molecule is CCCCO[SiH3].[HH]. The fourth-order valence-electron chi connectivity index (χ4n) is 0.289. The van der Waals surface area contributed by atoms with E-state index in [2.05, 4.69) is 6.92 Å². The van der Waals surface area contributed by atoms with Crippen molar-refractivity contribution in [2.45, 2.75) is 19.8 Å². The van der Waals surface area contributed by atoms with Gasteiger partial charge >= 0.3 is 0 Å². The lowest BCUT2D eigenvalue weighted by Gasteiger charge is -1.90. The normalized spacial score (nSPS) is 9.50. The smallest absolute Gasteiger partial charge is 0.145 e. The predicted octanol–water partition coefficient (Wildman–Crippen LogP) is 0.330. The molecule has 40 valence electrons. The molecule has 1 nitrogen and oxygen atoms in total. The molecule has 0 aromatic heterocycles. The van der Waals surface area contributed by atoms with E-state index in [0.29, 0.717) is 0 Å². The molecule has 0 atom stereocenters. The summed E-state index contributed by atoms with van der Waals surface area (Å²) in [4.78, 5) is 0. The van der Waals surface area contributed by atoms with Gasteiger partial charge in [0.1, 0.15) is 10.5 Å². The topological polar surface area (TPSA) is 9.23 Å². The molecule has 0 heterocycles. The lowest BCUT2D eigenvalue weighted by Crippen LogP contribution is -1.85. The second-order valence-corrected chi connectivity index (χ2v) is 1.92. The van der Waals surface area contributed by atoms with E-state index in [0.717, 1.165) is 17.1 Å². The van der Waals surface area contributed by atoms with Gasteiger partial charge in [0, 0.05) is 8.03 Å². The maximum absolute atomic E-state index is 4.92. The van der Waals surface area contributed by atoms with Crippen LogP contribution in [-0.2, 0) is 4.43 Å². The first-order chi connectivity index (χ1) is 2.91. The van der Waals surface area contributed by atoms with Crippen molar-refractivity contribution < 1.29 is 5.85 Å². The van der Waals surface area contributed by atoms with Gasteiger partial charge in [-0.2, -0.15) is 0 Å². The Morgan fingerprint density at radius 2 is 2.50 bits per heavy atom. The summed E-state index contributed by atoms with van der Waals surface area (Å²) >= 11 is 0. The Kier molecular flexibility index (Phi) is 5.33. The summed E-state index contributed by atoms with van der Waals surface area (Å²) in [6, 6.07) is 0. The van der Waals surface area contributed by atoms with Crippen LogP contribution in [0.15, 0.2) is 0 Å². The van der Waals surface area contributed by atoms with Crippen molar-refractivity contribution in [3.05, 3.63) is 0 Å². The minimum Gasteiger partial charge on any atom is -0.428 e. The van der Waals surface area contributed by atoms with Gasteiger partial charge in [0.05, 0.1) is 0 Å². The van der Waals surface area contributed by atoms with E-state index >= 15 is 0 Å². The monoisotopic (exact) mass is 106 g/mol. The molecule has 0 bridgehead atoms. The van der Waals surface area contributed by atoms with E-state index < -0.39 is 0 Å². The van der Waals surface area contributed by atoms with E-state index in [1.165, 1.54) is 12.8 Å². The summed E-state index contributed by atoms with van der Waals surface area (Å²) in [5, 5.41) is 0. The molecule has 0 aromatic carbocycles. The molecule has 0 unspecified atom stereocenters. The van der Waals surface area contributed by atoms with E-state index in [1.807, 2.05) is 0 Å². The van der Waals surface area contributed by atoms with Crippen molar-refractivity contribution in [2.24, 2.45) is 0 Å². The number of rotatable bonds is 3. The molecule has 0 saturated carbocycles. The Labute approximate surface area is 43.7 Å². The molecule has 0 radical (unpaired) electrons. The van der Waals surface area contributed by atoms with Crippen LogP contribution in [0.2, 0.25) is 0 Å². The molecule has 0 aliphatic carbocycles. The molecule has 2 heteroatoms. The zero-order valence-electron chi connectivity index (χ0n) is 4.53. The molecule has 0 N–H and O–H groups in total. The van der Waals surface area contributed by atoms with Crippen LogP contribution in [0.3, 0.4) is 0 Å². The van der Waals surface area contributed by atoms with Crippen LogP contribution in [-0.4, -0.2) is 17.1 Å². The molecule has 0 amide bonds. The minimum absolute atomic E-state index is 0. The Balaban J connectivity index is 0. The van der Waals surface area contributed by atoms with Crippen molar-refractivity contribution >= 4 is 10.5 Å². The highest BCUT2D eigenvalue weighted by Gasteiger charge is 1.74. The van der Waals surface area contributed by atoms with E-state index in [4.69, 9.17) is 4.43 Å². The highest BCUT2D eigenvalue weighted by Crippen LogP contribution is 1.82. The summed E-state index contributed by atoms with van der Waals surface area (Å²) in [6.45, 7) is 3.14. The molecule has 0 rings (SSSR count). The van der Waals surface area contributed by atoms with E-state index in [9.17, 15) is 0 Å². The third-order valence-electron chi connectivity index (χ3n) is 0.702. The number of hydrogen-bond acceptors (Lipinski definition) is 1. The third kappa shape index (κ3) is 4.18. The van der Waals surface area contributed by atoms with Crippen LogP contribution in [0.4, 0.5) is 0 Å². The summed E-state index contributed by atoms with van der Waals surface area (Å²) in [5.74, 6) is 0. The highest BCUT2D eigenvalue weighted by atomic mass is 28.2. The summed E-state index contributed by atoms with van der Waals surface area (Å²) in [6.07, 6.45) is 2.48. The van der Waals surface area contributed by atoms with E-state index in [1.54, 1.807) is 0 Å². The summed E-state index contributed by atoms with van der Waals surface area (Å²) in [7, 11) is 0.903. The van der Waals surface area contributed by atoms with Crippen molar-refractivity contribution in [2.75, 3.05) is 6.61 Å². The lowest BCUT2D eigenvalue weighted by molar-refractivity contribution is 0.339.